The standard InChI is InChI=1S/C22H27NO3.C4H4O4/c1-22(2,3)23-15-19(24)16-26-21-14-20(25-4)13-12-18(21)11-10-17-8-6-5-7-9-17;5-3(6)1-2-4(7)8/h5-9,12-14,19,23-24H,15-16H2,1-4H3;1-2H,(H,5,6)(H,7,8). The Morgan fingerprint density at radius 3 is 2.18 bits per heavy atom. The zero-order chi connectivity index (χ0) is 25.6. The van der Waals surface area contributed by atoms with Crippen molar-refractivity contribution in [1.82, 2.24) is 5.32 Å². The van der Waals surface area contributed by atoms with E-state index in [0.29, 0.717) is 30.2 Å². The number of carboxylic acids is 2. The first-order valence-electron chi connectivity index (χ1n) is 10.4. The molecule has 0 saturated carbocycles. The molecule has 2 aromatic rings. The number of β-amino-alcohol motifs (C(OH)–C–C–N with tert-alkyl or cyclic N) is 1. The van der Waals surface area contributed by atoms with Gasteiger partial charge in [0.2, 0.25) is 0 Å². The number of carboxylic acid groups (broad SMARTS) is 2. The van der Waals surface area contributed by atoms with Crippen molar-refractivity contribution in [2.45, 2.75) is 32.4 Å². The lowest BCUT2D eigenvalue weighted by Gasteiger charge is -2.23. The SMILES string of the molecule is COc1ccc(C#Cc2ccccc2)c(OCC(O)CNC(C)(C)C)c1.O=C(O)C=CC(=O)O. The first kappa shape index (κ1) is 28.2. The lowest BCUT2D eigenvalue weighted by atomic mass is 10.1. The van der Waals surface area contributed by atoms with Crippen LogP contribution in [0.15, 0.2) is 60.7 Å². The van der Waals surface area contributed by atoms with Crippen LogP contribution in [0.25, 0.3) is 0 Å². The summed E-state index contributed by atoms with van der Waals surface area (Å²) >= 11 is 0. The number of hydrogen-bond acceptors (Lipinski definition) is 6. The topological polar surface area (TPSA) is 125 Å². The summed E-state index contributed by atoms with van der Waals surface area (Å²) in [6.45, 7) is 6.80. The molecule has 4 N–H and O–H groups in total. The predicted octanol–water partition coefficient (Wildman–Crippen LogP) is 2.93. The van der Waals surface area contributed by atoms with Gasteiger partial charge in [0.05, 0.1) is 12.7 Å². The minimum absolute atomic E-state index is 0.0523. The second kappa shape index (κ2) is 14.4. The Kier molecular flexibility index (Phi) is 11.9. The van der Waals surface area contributed by atoms with E-state index in [1.807, 2.05) is 42.5 Å². The highest BCUT2D eigenvalue weighted by molar-refractivity contribution is 5.89. The molecular weight excluding hydrogens is 438 g/mol. The fourth-order valence-electron chi connectivity index (χ4n) is 2.32. The van der Waals surface area contributed by atoms with E-state index in [0.717, 1.165) is 11.1 Å². The maximum Gasteiger partial charge on any atom is 0.328 e. The largest absolute Gasteiger partial charge is 0.497 e. The average molecular weight is 470 g/mol. The van der Waals surface area contributed by atoms with Crippen LogP contribution < -0.4 is 14.8 Å². The molecule has 182 valence electrons. The lowest BCUT2D eigenvalue weighted by molar-refractivity contribution is -0.134. The van der Waals surface area contributed by atoms with E-state index in [9.17, 15) is 14.7 Å². The third kappa shape index (κ3) is 12.9. The van der Waals surface area contributed by atoms with Crippen molar-refractivity contribution in [2.24, 2.45) is 0 Å². The number of benzene rings is 2. The van der Waals surface area contributed by atoms with Gasteiger partial charge in [0, 0.05) is 35.9 Å². The maximum atomic E-state index is 10.1. The van der Waals surface area contributed by atoms with Crippen molar-refractivity contribution in [3.63, 3.8) is 0 Å². The molecule has 0 aliphatic carbocycles. The number of aliphatic carboxylic acids is 2. The van der Waals surface area contributed by atoms with E-state index in [1.165, 1.54) is 0 Å². The molecule has 0 amide bonds. The number of carbonyl (C=O) groups is 2. The van der Waals surface area contributed by atoms with Crippen LogP contribution in [-0.4, -0.2) is 59.2 Å². The summed E-state index contributed by atoms with van der Waals surface area (Å²) in [6.07, 6.45) is 0.500. The van der Waals surface area contributed by atoms with E-state index in [-0.39, 0.29) is 12.1 Å². The third-order valence-corrected chi connectivity index (χ3v) is 3.97. The molecule has 0 spiro atoms. The zero-order valence-electron chi connectivity index (χ0n) is 19.7. The van der Waals surface area contributed by atoms with Gasteiger partial charge in [-0.1, -0.05) is 30.0 Å². The van der Waals surface area contributed by atoms with Crippen molar-refractivity contribution in [3.8, 4) is 23.3 Å². The summed E-state index contributed by atoms with van der Waals surface area (Å²) in [7, 11) is 1.61. The zero-order valence-corrected chi connectivity index (χ0v) is 19.7. The van der Waals surface area contributed by atoms with Gasteiger partial charge >= 0.3 is 11.9 Å². The highest BCUT2D eigenvalue weighted by atomic mass is 16.5. The molecule has 0 fully saturated rings. The molecule has 0 bridgehead atoms. The maximum absolute atomic E-state index is 10.1. The van der Waals surface area contributed by atoms with E-state index in [1.54, 1.807) is 13.2 Å². The molecule has 0 aliphatic rings. The Bertz CT molecular complexity index is 999. The van der Waals surface area contributed by atoms with Crippen molar-refractivity contribution >= 4 is 11.9 Å². The Hall–Kier alpha value is -3.80. The van der Waals surface area contributed by atoms with Gasteiger partial charge in [0.1, 0.15) is 24.2 Å². The second-order valence-electron chi connectivity index (χ2n) is 8.08. The van der Waals surface area contributed by atoms with Crippen molar-refractivity contribution in [2.75, 3.05) is 20.3 Å². The highest BCUT2D eigenvalue weighted by Gasteiger charge is 2.13. The summed E-state index contributed by atoms with van der Waals surface area (Å²) < 4.78 is 11.1. The molecule has 2 aromatic carbocycles. The van der Waals surface area contributed by atoms with Crippen molar-refractivity contribution < 1.29 is 34.4 Å². The number of ether oxygens (including phenoxy) is 2. The van der Waals surface area contributed by atoms with Gasteiger partial charge in [-0.2, -0.15) is 0 Å². The Balaban J connectivity index is 0.000000620. The molecule has 0 aromatic heterocycles. The van der Waals surface area contributed by atoms with E-state index in [2.05, 4.69) is 37.9 Å². The Morgan fingerprint density at radius 1 is 1.03 bits per heavy atom. The number of nitrogens with one attached hydrogen (secondary N) is 1. The Labute approximate surface area is 199 Å². The van der Waals surface area contributed by atoms with Crippen LogP contribution >= 0.6 is 0 Å². The predicted molar refractivity (Wildman–Crippen MR) is 129 cm³/mol. The van der Waals surface area contributed by atoms with Crippen LogP contribution in [0.5, 0.6) is 11.5 Å². The normalized spacial score (nSPS) is 11.4. The molecule has 0 heterocycles. The summed E-state index contributed by atoms with van der Waals surface area (Å²) in [5, 5.41) is 29.0. The van der Waals surface area contributed by atoms with Gasteiger partial charge in [-0.15, -0.1) is 0 Å². The first-order chi connectivity index (χ1) is 16.0. The molecule has 0 radical (unpaired) electrons. The van der Waals surface area contributed by atoms with Crippen LogP contribution in [0, 0.1) is 11.8 Å². The number of rotatable bonds is 8. The van der Waals surface area contributed by atoms with E-state index < -0.39 is 18.0 Å². The average Bonchev–Trinajstić information content (AvgIpc) is 2.79. The number of aliphatic hydroxyl groups excluding tert-OH is 1. The fraction of sp³-hybridized carbons (Fsp3) is 0.308. The molecule has 0 aliphatic heterocycles. The summed E-state index contributed by atoms with van der Waals surface area (Å²) in [5.74, 6) is 5.03. The molecule has 8 nitrogen and oxygen atoms in total. The van der Waals surface area contributed by atoms with Crippen LogP contribution in [-0.2, 0) is 9.59 Å². The minimum Gasteiger partial charge on any atom is -0.497 e. The molecule has 34 heavy (non-hydrogen) atoms. The van der Waals surface area contributed by atoms with Gasteiger partial charge < -0.3 is 30.1 Å². The molecule has 1 atom stereocenters. The highest BCUT2D eigenvalue weighted by Crippen LogP contribution is 2.24. The van der Waals surface area contributed by atoms with Crippen molar-refractivity contribution in [3.05, 3.63) is 71.8 Å². The number of aliphatic hydroxyl groups is 1. The quantitative estimate of drug-likeness (QED) is 0.344. The minimum atomic E-state index is -1.26. The van der Waals surface area contributed by atoms with E-state index >= 15 is 0 Å². The van der Waals surface area contributed by atoms with Gasteiger partial charge in [-0.05, 0) is 45.0 Å². The molecular formula is C26H31NO7. The molecule has 1 unspecified atom stereocenters. The van der Waals surface area contributed by atoms with Crippen LogP contribution in [0.2, 0.25) is 0 Å². The number of methoxy groups -OCH3 is 1. The van der Waals surface area contributed by atoms with Gasteiger partial charge in [-0.3, -0.25) is 0 Å². The van der Waals surface area contributed by atoms with Gasteiger partial charge in [0.15, 0.2) is 0 Å². The van der Waals surface area contributed by atoms with Crippen molar-refractivity contribution in [1.29, 1.82) is 0 Å². The fourth-order valence-corrected chi connectivity index (χ4v) is 2.32. The third-order valence-electron chi connectivity index (χ3n) is 3.97. The van der Waals surface area contributed by atoms with Crippen LogP contribution in [0.4, 0.5) is 0 Å². The first-order valence-corrected chi connectivity index (χ1v) is 10.4. The Morgan fingerprint density at radius 2 is 1.65 bits per heavy atom. The van der Waals surface area contributed by atoms with Crippen LogP contribution in [0.3, 0.4) is 0 Å². The summed E-state index contributed by atoms with van der Waals surface area (Å²) in [4.78, 5) is 19.1. The monoisotopic (exact) mass is 469 g/mol. The van der Waals surface area contributed by atoms with E-state index in [4.69, 9.17) is 19.7 Å². The summed E-state index contributed by atoms with van der Waals surface area (Å²) in [6, 6.07) is 15.3. The molecule has 2 rings (SSSR count). The second-order valence-corrected chi connectivity index (χ2v) is 8.08. The molecule has 8 heteroatoms. The smallest absolute Gasteiger partial charge is 0.328 e. The molecule has 0 saturated heterocycles. The van der Waals surface area contributed by atoms with Crippen LogP contribution in [0.1, 0.15) is 31.9 Å². The number of hydrogen-bond donors (Lipinski definition) is 4. The lowest BCUT2D eigenvalue weighted by Crippen LogP contribution is -2.42. The summed E-state index contributed by atoms with van der Waals surface area (Å²) in [5.41, 5.74) is 1.64. The van der Waals surface area contributed by atoms with Gasteiger partial charge in [-0.25, -0.2) is 9.59 Å². The van der Waals surface area contributed by atoms with Gasteiger partial charge in [0.25, 0.3) is 0 Å².